The van der Waals surface area contributed by atoms with Crippen molar-refractivity contribution in [3.05, 3.63) is 18.2 Å². The van der Waals surface area contributed by atoms with Crippen molar-refractivity contribution in [1.29, 1.82) is 0 Å². The largest absolute Gasteiger partial charge is 0.504 e. The predicted octanol–water partition coefficient (Wildman–Crippen LogP) is 1.27. The van der Waals surface area contributed by atoms with Crippen LogP contribution in [-0.2, 0) is 10.0 Å². The first-order valence-corrected chi connectivity index (χ1v) is 6.91. The summed E-state index contributed by atoms with van der Waals surface area (Å²) in [6.45, 7) is 2.37. The average Bonchev–Trinajstić information content (AvgIpc) is 2.69. The van der Waals surface area contributed by atoms with Gasteiger partial charge in [0.1, 0.15) is 0 Å². The summed E-state index contributed by atoms with van der Waals surface area (Å²) in [6.07, 6.45) is 1.70. The van der Waals surface area contributed by atoms with Gasteiger partial charge in [-0.2, -0.15) is 4.31 Å². The molecular weight excluding hydrogens is 242 g/mol. The molecule has 1 aromatic carbocycles. The first-order valence-electron chi connectivity index (χ1n) is 5.47. The summed E-state index contributed by atoms with van der Waals surface area (Å²) in [5, 5.41) is 18.5. The maximum Gasteiger partial charge on any atom is 0.243 e. The van der Waals surface area contributed by atoms with E-state index in [4.69, 9.17) is 5.11 Å². The third-order valence-electron chi connectivity index (χ3n) is 3.05. The van der Waals surface area contributed by atoms with E-state index >= 15 is 0 Å². The van der Waals surface area contributed by atoms with E-state index in [0.29, 0.717) is 6.54 Å². The maximum atomic E-state index is 12.2. The highest BCUT2D eigenvalue weighted by atomic mass is 32.2. The third kappa shape index (κ3) is 2.10. The normalized spacial score (nSPS) is 21.8. The minimum atomic E-state index is -3.56. The van der Waals surface area contributed by atoms with Crippen LogP contribution in [0.15, 0.2) is 23.1 Å². The standard InChI is InChI=1S/C11H15NO4S/c1-8-3-2-6-12(8)17(15,16)9-4-5-10(13)11(14)7-9/h4-5,7-8,13-14H,2-3,6H2,1H3/t8-/m1/s1. The first-order chi connectivity index (χ1) is 7.93. The van der Waals surface area contributed by atoms with Crippen LogP contribution in [0.1, 0.15) is 19.8 Å². The Kier molecular flexibility index (Phi) is 3.01. The SMILES string of the molecule is C[C@@H]1CCCN1S(=O)(=O)c1ccc(O)c(O)c1. The molecule has 0 unspecified atom stereocenters. The highest BCUT2D eigenvalue weighted by molar-refractivity contribution is 7.89. The highest BCUT2D eigenvalue weighted by Gasteiger charge is 2.32. The van der Waals surface area contributed by atoms with Crippen molar-refractivity contribution in [3.8, 4) is 11.5 Å². The van der Waals surface area contributed by atoms with E-state index in [1.807, 2.05) is 6.92 Å². The van der Waals surface area contributed by atoms with Crippen molar-refractivity contribution < 1.29 is 18.6 Å². The number of phenols is 2. The van der Waals surface area contributed by atoms with E-state index in [-0.39, 0.29) is 16.7 Å². The van der Waals surface area contributed by atoms with Crippen LogP contribution in [0.5, 0.6) is 11.5 Å². The van der Waals surface area contributed by atoms with Gasteiger partial charge in [-0.25, -0.2) is 8.42 Å². The van der Waals surface area contributed by atoms with Crippen LogP contribution < -0.4 is 0 Å². The monoisotopic (exact) mass is 257 g/mol. The quantitative estimate of drug-likeness (QED) is 0.782. The minimum Gasteiger partial charge on any atom is -0.504 e. The second kappa shape index (κ2) is 4.19. The van der Waals surface area contributed by atoms with E-state index in [1.54, 1.807) is 0 Å². The predicted molar refractivity (Wildman–Crippen MR) is 62.4 cm³/mol. The van der Waals surface area contributed by atoms with Gasteiger partial charge >= 0.3 is 0 Å². The molecule has 17 heavy (non-hydrogen) atoms. The summed E-state index contributed by atoms with van der Waals surface area (Å²) >= 11 is 0. The lowest BCUT2D eigenvalue weighted by atomic mass is 10.3. The maximum absolute atomic E-state index is 12.2. The molecular formula is C11H15NO4S. The Morgan fingerprint density at radius 3 is 2.53 bits per heavy atom. The van der Waals surface area contributed by atoms with Crippen LogP contribution in [0, 0.1) is 0 Å². The number of hydrogen-bond donors (Lipinski definition) is 2. The summed E-state index contributed by atoms with van der Waals surface area (Å²) in [7, 11) is -3.56. The number of phenolic OH excluding ortho intramolecular Hbond substituents is 2. The zero-order valence-corrected chi connectivity index (χ0v) is 10.3. The van der Waals surface area contributed by atoms with Gasteiger partial charge < -0.3 is 10.2 Å². The Morgan fingerprint density at radius 1 is 1.29 bits per heavy atom. The van der Waals surface area contributed by atoms with Gasteiger partial charge in [0.2, 0.25) is 10.0 Å². The van der Waals surface area contributed by atoms with Gasteiger partial charge in [0.05, 0.1) is 4.90 Å². The smallest absolute Gasteiger partial charge is 0.243 e. The summed E-state index contributed by atoms with van der Waals surface area (Å²) in [6, 6.07) is 3.55. The fourth-order valence-electron chi connectivity index (χ4n) is 2.06. The van der Waals surface area contributed by atoms with Crippen LogP contribution >= 0.6 is 0 Å². The average molecular weight is 257 g/mol. The molecule has 0 spiro atoms. The molecule has 2 N–H and O–H groups in total. The van der Waals surface area contributed by atoms with Gasteiger partial charge in [-0.15, -0.1) is 0 Å². The second-order valence-electron chi connectivity index (χ2n) is 4.26. The van der Waals surface area contributed by atoms with Gasteiger partial charge in [0.25, 0.3) is 0 Å². The van der Waals surface area contributed by atoms with Crippen molar-refractivity contribution in [1.82, 2.24) is 4.31 Å². The molecule has 0 bridgehead atoms. The van der Waals surface area contributed by atoms with Crippen molar-refractivity contribution in [3.63, 3.8) is 0 Å². The highest BCUT2D eigenvalue weighted by Crippen LogP contribution is 2.31. The summed E-state index contributed by atoms with van der Waals surface area (Å²) < 4.78 is 25.9. The molecule has 1 aliphatic rings. The fraction of sp³-hybridized carbons (Fsp3) is 0.455. The molecule has 0 aliphatic carbocycles. The number of sulfonamides is 1. The van der Waals surface area contributed by atoms with Gasteiger partial charge in [0, 0.05) is 18.7 Å². The summed E-state index contributed by atoms with van der Waals surface area (Å²) in [5.41, 5.74) is 0. The third-order valence-corrected chi connectivity index (χ3v) is 5.06. The zero-order valence-electron chi connectivity index (χ0n) is 9.50. The lowest BCUT2D eigenvalue weighted by molar-refractivity contribution is 0.397. The molecule has 0 amide bonds. The van der Waals surface area contributed by atoms with Crippen LogP contribution in [0.25, 0.3) is 0 Å². The molecule has 1 aliphatic heterocycles. The van der Waals surface area contributed by atoms with Crippen molar-refractivity contribution in [2.24, 2.45) is 0 Å². The van der Waals surface area contributed by atoms with Gasteiger partial charge in [-0.3, -0.25) is 0 Å². The minimum absolute atomic E-state index is 0.0153. The lowest BCUT2D eigenvalue weighted by Crippen LogP contribution is -2.33. The molecule has 0 aromatic heterocycles. The van der Waals surface area contributed by atoms with Crippen LogP contribution in [0.2, 0.25) is 0 Å². The number of rotatable bonds is 2. The number of nitrogens with zero attached hydrogens (tertiary/aromatic N) is 1. The molecule has 1 fully saturated rings. The van der Waals surface area contributed by atoms with Crippen molar-refractivity contribution in [2.75, 3.05) is 6.54 Å². The van der Waals surface area contributed by atoms with Crippen LogP contribution in [-0.4, -0.2) is 35.5 Å². The second-order valence-corrected chi connectivity index (χ2v) is 6.15. The molecule has 1 atom stereocenters. The van der Waals surface area contributed by atoms with Crippen LogP contribution in [0.4, 0.5) is 0 Å². The molecule has 1 aromatic rings. The van der Waals surface area contributed by atoms with Crippen molar-refractivity contribution in [2.45, 2.75) is 30.7 Å². The van der Waals surface area contributed by atoms with E-state index in [9.17, 15) is 13.5 Å². The number of hydrogen-bond acceptors (Lipinski definition) is 4. The Balaban J connectivity index is 2.41. The number of benzene rings is 1. The molecule has 5 nitrogen and oxygen atoms in total. The zero-order chi connectivity index (χ0) is 12.6. The van der Waals surface area contributed by atoms with E-state index in [1.165, 1.54) is 16.4 Å². The van der Waals surface area contributed by atoms with E-state index in [2.05, 4.69) is 0 Å². The van der Waals surface area contributed by atoms with Crippen molar-refractivity contribution >= 4 is 10.0 Å². The van der Waals surface area contributed by atoms with Gasteiger partial charge in [-0.05, 0) is 31.9 Å². The number of aromatic hydroxyl groups is 2. The Bertz CT molecular complexity index is 526. The first kappa shape index (κ1) is 12.2. The summed E-state index contributed by atoms with van der Waals surface area (Å²) in [4.78, 5) is 0.0153. The Hall–Kier alpha value is -1.27. The van der Waals surface area contributed by atoms with E-state index < -0.39 is 15.8 Å². The molecule has 6 heteroatoms. The fourth-order valence-corrected chi connectivity index (χ4v) is 3.78. The molecule has 1 heterocycles. The topological polar surface area (TPSA) is 77.8 Å². The molecule has 94 valence electrons. The summed E-state index contributed by atoms with van der Waals surface area (Å²) in [5.74, 6) is -0.739. The lowest BCUT2D eigenvalue weighted by Gasteiger charge is -2.20. The van der Waals surface area contributed by atoms with Gasteiger partial charge in [-0.1, -0.05) is 0 Å². The molecule has 2 rings (SSSR count). The molecule has 0 saturated carbocycles. The molecule has 1 saturated heterocycles. The Morgan fingerprint density at radius 2 is 2.00 bits per heavy atom. The van der Waals surface area contributed by atoms with E-state index in [0.717, 1.165) is 18.9 Å². The Labute approximate surface area is 100 Å². The van der Waals surface area contributed by atoms with Gasteiger partial charge in [0.15, 0.2) is 11.5 Å². The molecule has 0 radical (unpaired) electrons. The van der Waals surface area contributed by atoms with Crippen LogP contribution in [0.3, 0.4) is 0 Å².